The molecular weight excluding hydrogens is 627 g/mol. The number of halogens is 3. The molecule has 1 aliphatic carbocycles. The fourth-order valence-corrected chi connectivity index (χ4v) is 6.66. The monoisotopic (exact) mass is 665 g/mol. The Bertz CT molecular complexity index is 1690. The van der Waals surface area contributed by atoms with E-state index in [4.69, 9.17) is 14.2 Å². The van der Waals surface area contributed by atoms with E-state index in [1.807, 2.05) is 41.3 Å². The van der Waals surface area contributed by atoms with Gasteiger partial charge < -0.3 is 29.5 Å². The second-order valence-corrected chi connectivity index (χ2v) is 12.3. The first-order valence-corrected chi connectivity index (χ1v) is 16.0. The van der Waals surface area contributed by atoms with Crippen molar-refractivity contribution in [1.82, 2.24) is 15.1 Å². The van der Waals surface area contributed by atoms with Gasteiger partial charge in [0.05, 0.1) is 32.9 Å². The van der Waals surface area contributed by atoms with Gasteiger partial charge in [-0.1, -0.05) is 24.3 Å². The molecule has 1 saturated carbocycles. The molecule has 0 radical (unpaired) electrons. The number of hydrogen-bond acceptors (Lipinski definition) is 6. The maximum atomic E-state index is 14.6. The van der Waals surface area contributed by atoms with Crippen molar-refractivity contribution in [2.24, 2.45) is 0 Å². The Hall–Kier alpha value is -4.71. The Labute approximate surface area is 276 Å². The van der Waals surface area contributed by atoms with E-state index in [0.717, 1.165) is 41.2 Å². The smallest absolute Gasteiger partial charge is 0.408 e. The predicted octanol–water partition coefficient (Wildman–Crippen LogP) is 5.80. The van der Waals surface area contributed by atoms with Crippen LogP contribution in [0.25, 0.3) is 5.57 Å². The fourth-order valence-electron chi connectivity index (χ4n) is 6.66. The van der Waals surface area contributed by atoms with Crippen LogP contribution in [0.1, 0.15) is 42.4 Å². The molecule has 12 heteroatoms. The van der Waals surface area contributed by atoms with E-state index in [0.29, 0.717) is 62.0 Å². The number of piperazine rings is 1. The zero-order valence-corrected chi connectivity index (χ0v) is 26.8. The van der Waals surface area contributed by atoms with E-state index >= 15 is 0 Å². The Kier molecular flexibility index (Phi) is 9.81. The molecule has 3 aliphatic rings. The largest absolute Gasteiger partial charge is 0.497 e. The third kappa shape index (κ3) is 6.94. The number of nitrogens with one attached hydrogen (secondary N) is 1. The molecule has 6 rings (SSSR count). The lowest BCUT2D eigenvalue weighted by molar-refractivity contribution is -0.129. The molecule has 2 amide bonds. The number of carbonyl (C=O) groups excluding carboxylic acids is 1. The van der Waals surface area contributed by atoms with Crippen LogP contribution in [0.4, 0.5) is 18.0 Å². The van der Waals surface area contributed by atoms with Crippen LogP contribution in [0.15, 0.2) is 60.2 Å². The lowest BCUT2D eigenvalue weighted by Crippen LogP contribution is -2.63. The minimum absolute atomic E-state index is 0.0135. The Balaban J connectivity index is 1.26. The molecule has 0 aromatic heterocycles. The minimum Gasteiger partial charge on any atom is -0.497 e. The van der Waals surface area contributed by atoms with Crippen molar-refractivity contribution in [2.75, 3.05) is 33.9 Å². The maximum Gasteiger partial charge on any atom is 0.408 e. The number of benzene rings is 3. The summed E-state index contributed by atoms with van der Waals surface area (Å²) in [6.45, 7) is 1.10. The van der Waals surface area contributed by atoms with E-state index < -0.39 is 35.3 Å². The van der Waals surface area contributed by atoms with Gasteiger partial charge in [-0.2, -0.15) is 4.39 Å². The lowest BCUT2D eigenvalue weighted by atomic mass is 9.81. The zero-order valence-electron chi connectivity index (χ0n) is 26.8. The number of nitrogens with zero attached hydrogens (tertiary/aromatic N) is 2. The van der Waals surface area contributed by atoms with Crippen LogP contribution in [0, 0.1) is 17.5 Å². The first kappa shape index (κ1) is 33.2. The lowest BCUT2D eigenvalue weighted by Gasteiger charge is -2.47. The van der Waals surface area contributed by atoms with Crippen molar-refractivity contribution >= 4 is 17.6 Å². The van der Waals surface area contributed by atoms with Gasteiger partial charge in [0.2, 0.25) is 5.82 Å². The summed E-state index contributed by atoms with van der Waals surface area (Å²) >= 11 is 0. The Morgan fingerprint density at radius 3 is 2.27 bits per heavy atom. The van der Waals surface area contributed by atoms with E-state index in [1.54, 1.807) is 20.3 Å². The van der Waals surface area contributed by atoms with E-state index in [-0.39, 0.29) is 24.6 Å². The molecule has 2 N–H and O–H groups in total. The summed E-state index contributed by atoms with van der Waals surface area (Å²) in [5, 5.41) is 13.5. The van der Waals surface area contributed by atoms with Crippen LogP contribution in [-0.4, -0.2) is 78.9 Å². The highest BCUT2D eigenvalue weighted by Gasteiger charge is 2.46. The average molecular weight is 666 g/mol. The van der Waals surface area contributed by atoms with Crippen LogP contribution < -0.4 is 19.5 Å². The molecule has 9 nitrogen and oxygen atoms in total. The number of carboxylic acid groups (broad SMARTS) is 1. The number of carbonyl (C=O) groups is 2. The highest BCUT2D eigenvalue weighted by atomic mass is 19.2. The molecule has 1 saturated heterocycles. The summed E-state index contributed by atoms with van der Waals surface area (Å²) in [7, 11) is 3.14. The third-order valence-electron chi connectivity index (χ3n) is 9.17. The number of ether oxygens (including phenoxy) is 3. The molecule has 0 spiro atoms. The normalized spacial score (nSPS) is 18.8. The summed E-state index contributed by atoms with van der Waals surface area (Å²) in [6, 6.07) is 13.8. The van der Waals surface area contributed by atoms with Crippen LogP contribution in [-0.2, 0) is 17.8 Å². The predicted molar refractivity (Wildman–Crippen MR) is 172 cm³/mol. The number of amides is 2. The Morgan fingerprint density at radius 2 is 1.62 bits per heavy atom. The van der Waals surface area contributed by atoms with Gasteiger partial charge in [0.25, 0.3) is 5.91 Å². The van der Waals surface area contributed by atoms with Gasteiger partial charge in [-0.3, -0.25) is 9.69 Å². The number of methoxy groups -OCH3 is 2. The van der Waals surface area contributed by atoms with E-state index in [1.165, 1.54) is 4.90 Å². The van der Waals surface area contributed by atoms with Crippen molar-refractivity contribution in [3.63, 3.8) is 0 Å². The van der Waals surface area contributed by atoms with Crippen molar-refractivity contribution in [3.05, 3.63) is 94.3 Å². The van der Waals surface area contributed by atoms with Gasteiger partial charge >= 0.3 is 6.09 Å². The highest BCUT2D eigenvalue weighted by molar-refractivity contribution is 6.04. The number of aryl methyl sites for hydroxylation is 1. The van der Waals surface area contributed by atoms with Gasteiger partial charge in [-0.05, 0) is 78.6 Å². The number of fused-ring (bicyclic) bond motifs is 2. The quantitative estimate of drug-likeness (QED) is 0.186. The summed E-state index contributed by atoms with van der Waals surface area (Å²) in [5.41, 5.74) is 3.92. The fraction of sp³-hybridized carbons (Fsp3) is 0.389. The first-order valence-electron chi connectivity index (χ1n) is 16.0. The third-order valence-corrected chi connectivity index (χ3v) is 9.17. The van der Waals surface area contributed by atoms with Crippen molar-refractivity contribution in [3.8, 4) is 17.2 Å². The molecule has 3 aromatic carbocycles. The Morgan fingerprint density at radius 1 is 0.938 bits per heavy atom. The molecule has 2 heterocycles. The molecular formula is C36H38F3N3O6. The van der Waals surface area contributed by atoms with E-state index in [9.17, 15) is 27.9 Å². The van der Waals surface area contributed by atoms with E-state index in [2.05, 4.69) is 5.32 Å². The summed E-state index contributed by atoms with van der Waals surface area (Å²) < 4.78 is 57.4. The highest BCUT2D eigenvalue weighted by Crippen LogP contribution is 2.40. The average Bonchev–Trinajstić information content (AvgIpc) is 3.93. The number of rotatable bonds is 12. The molecule has 254 valence electrons. The molecule has 2 atom stereocenters. The van der Waals surface area contributed by atoms with Crippen LogP contribution in [0.5, 0.6) is 17.2 Å². The molecule has 2 fully saturated rings. The second-order valence-electron chi connectivity index (χ2n) is 12.3. The van der Waals surface area contributed by atoms with Crippen molar-refractivity contribution in [2.45, 2.75) is 56.8 Å². The summed E-state index contributed by atoms with van der Waals surface area (Å²) in [4.78, 5) is 30.4. The SMILES string of the molecule is COc1cc(CN(C(=O)C2=C(c3ccc(CCCOc4c(F)ccc(F)c4F)cc3)C[C@@H]3CNC[C@H]2N3C(=O)O)C2CC2)cc(OC)c1. The molecule has 48 heavy (non-hydrogen) atoms. The minimum atomic E-state index is -1.35. The van der Waals surface area contributed by atoms with Crippen molar-refractivity contribution in [1.29, 1.82) is 0 Å². The van der Waals surface area contributed by atoms with Gasteiger partial charge in [0.1, 0.15) is 11.5 Å². The molecule has 0 unspecified atom stereocenters. The zero-order chi connectivity index (χ0) is 33.9. The first-order chi connectivity index (χ1) is 23.2. The van der Waals surface area contributed by atoms with Crippen LogP contribution in [0.3, 0.4) is 0 Å². The summed E-state index contributed by atoms with van der Waals surface area (Å²) in [5.74, 6) is -3.18. The standard InChI is InChI=1S/C36H38F3N3O6/c1-46-26-14-22(15-27(17-26)47-2)20-41(24-9-10-24)35(43)32-28(16-25-18-40-19-31(32)42(25)36(44)45)23-7-5-21(6-8-23)4-3-13-48-34-30(38)12-11-29(37)33(34)39/h5-8,11-12,14-15,17,24-25,31,40H,3-4,9-10,13,16,18-20H2,1-2H3,(H,44,45)/t25-,31-/m1/s1. The van der Waals surface area contributed by atoms with Crippen molar-refractivity contribution < 1.29 is 42.1 Å². The molecule has 2 aliphatic heterocycles. The van der Waals surface area contributed by atoms with Gasteiger partial charge in [0, 0.05) is 37.3 Å². The van der Waals surface area contributed by atoms with Gasteiger partial charge in [-0.25, -0.2) is 13.6 Å². The second kappa shape index (κ2) is 14.2. The summed E-state index contributed by atoms with van der Waals surface area (Å²) in [6.07, 6.45) is 2.00. The van der Waals surface area contributed by atoms with Crippen LogP contribution >= 0.6 is 0 Å². The number of hydrogen-bond donors (Lipinski definition) is 2. The van der Waals surface area contributed by atoms with Gasteiger partial charge in [-0.15, -0.1) is 0 Å². The molecule has 3 aromatic rings. The maximum absolute atomic E-state index is 14.6. The molecule has 2 bridgehead atoms. The van der Waals surface area contributed by atoms with Crippen LogP contribution in [0.2, 0.25) is 0 Å². The topological polar surface area (TPSA) is 101 Å². The van der Waals surface area contributed by atoms with Gasteiger partial charge in [0.15, 0.2) is 17.4 Å².